The highest BCUT2D eigenvalue weighted by Gasteiger charge is 2.16. The van der Waals surface area contributed by atoms with Gasteiger partial charge < -0.3 is 20.8 Å². The molecule has 0 aliphatic heterocycles. The summed E-state index contributed by atoms with van der Waals surface area (Å²) in [5, 5.41) is 18.8. The predicted molar refractivity (Wildman–Crippen MR) is 64.3 cm³/mol. The van der Waals surface area contributed by atoms with Gasteiger partial charge in [-0.3, -0.25) is 4.90 Å². The van der Waals surface area contributed by atoms with E-state index in [1.165, 1.54) is 0 Å². The van der Waals surface area contributed by atoms with Crippen molar-refractivity contribution in [2.45, 2.75) is 0 Å². The lowest BCUT2D eigenvalue weighted by Gasteiger charge is -2.21. The van der Waals surface area contributed by atoms with Crippen molar-refractivity contribution >= 4 is 11.4 Å². The summed E-state index contributed by atoms with van der Waals surface area (Å²) in [5.41, 5.74) is 7.08. The summed E-state index contributed by atoms with van der Waals surface area (Å²) in [6.45, 7) is 7.50. The monoisotopic (exact) mass is 252 g/mol. The third-order valence-corrected chi connectivity index (χ3v) is 2.39. The Morgan fingerprint density at radius 3 is 2.28 bits per heavy atom. The van der Waals surface area contributed by atoms with E-state index in [1.807, 2.05) is 0 Å². The fraction of sp³-hybridized carbons (Fsp3) is 0.167. The van der Waals surface area contributed by atoms with Gasteiger partial charge in [-0.25, -0.2) is 5.26 Å². The Morgan fingerprint density at radius 2 is 1.78 bits per heavy atom. The summed E-state index contributed by atoms with van der Waals surface area (Å²) < 4.78 is 0. The molecule has 0 saturated heterocycles. The lowest BCUT2D eigenvalue weighted by molar-refractivity contribution is -0.831. The molecule has 0 aliphatic rings. The maximum absolute atomic E-state index is 10.3. The summed E-state index contributed by atoms with van der Waals surface area (Å²) in [5.74, 6) is 0.244. The maximum atomic E-state index is 10.3. The maximum Gasteiger partial charge on any atom is 0.189 e. The molecule has 1 aromatic carbocycles. The number of nitrogens with two attached hydrogens (primary N) is 1. The minimum atomic E-state index is 0.0764. The van der Waals surface area contributed by atoms with Crippen LogP contribution in [0, 0.1) is 0 Å². The molecule has 0 saturated carbocycles. The van der Waals surface area contributed by atoms with E-state index in [-0.39, 0.29) is 24.6 Å². The van der Waals surface area contributed by atoms with Crippen molar-refractivity contribution in [1.29, 1.82) is 0 Å². The number of hydrogen-bond donors (Lipinski definition) is 3. The molecule has 0 fully saturated rings. The fourth-order valence-corrected chi connectivity index (χ4v) is 1.52. The van der Waals surface area contributed by atoms with E-state index in [1.54, 1.807) is 24.3 Å². The largest absolute Gasteiger partial charge is 0.664 e. The summed E-state index contributed by atoms with van der Waals surface area (Å²) in [7, 11) is 0. The first-order valence-electron chi connectivity index (χ1n) is 5.24. The number of quaternary nitrogens is 1. The minimum absolute atomic E-state index is 0.0764. The van der Waals surface area contributed by atoms with Crippen LogP contribution in [0.25, 0.3) is 0 Å². The van der Waals surface area contributed by atoms with Gasteiger partial charge in [-0.15, -0.1) is 0 Å². The Balaban J connectivity index is 2.85. The van der Waals surface area contributed by atoms with Crippen molar-refractivity contribution in [3.63, 3.8) is 0 Å². The lowest BCUT2D eigenvalue weighted by Crippen LogP contribution is -3.07. The molecule has 0 bridgehead atoms. The first-order valence-corrected chi connectivity index (χ1v) is 5.24. The van der Waals surface area contributed by atoms with Gasteiger partial charge in [-0.1, -0.05) is 13.2 Å². The van der Waals surface area contributed by atoms with Gasteiger partial charge in [0.2, 0.25) is 0 Å². The van der Waals surface area contributed by atoms with Gasteiger partial charge in [0.1, 0.15) is 24.5 Å². The van der Waals surface area contributed by atoms with E-state index in [0.29, 0.717) is 5.69 Å². The Hall–Kier alpha value is -2.02. The molecule has 0 aromatic heterocycles. The number of benzene rings is 1. The standard InChI is InChI=1S/C12H16N2O4/c1-9(17-15)7-14(8-10(2)18-16)12-5-3-11(13)4-6-12/h3-6,15-16H,1-2,7-8,13H2. The third-order valence-electron chi connectivity index (χ3n) is 2.39. The van der Waals surface area contributed by atoms with Crippen molar-refractivity contribution < 1.29 is 25.2 Å². The van der Waals surface area contributed by atoms with Crippen LogP contribution in [-0.2, 0) is 9.78 Å². The molecular formula is C12H16N2O4. The van der Waals surface area contributed by atoms with Crippen LogP contribution in [0.15, 0.2) is 48.9 Å². The minimum Gasteiger partial charge on any atom is -0.664 e. The molecule has 1 unspecified atom stereocenters. The number of hydrogen-bond acceptors (Lipinski definition) is 5. The molecule has 0 aliphatic carbocycles. The van der Waals surface area contributed by atoms with E-state index >= 15 is 0 Å². The van der Waals surface area contributed by atoms with Crippen molar-refractivity contribution in [2.75, 3.05) is 18.8 Å². The van der Waals surface area contributed by atoms with Crippen LogP contribution in [-0.4, -0.2) is 18.3 Å². The summed E-state index contributed by atoms with van der Waals surface area (Å²) >= 11 is 0. The Labute approximate surface area is 105 Å². The Kier molecular flexibility index (Phi) is 5.19. The molecule has 6 heteroatoms. The smallest absolute Gasteiger partial charge is 0.189 e. The number of anilines is 1. The average molecular weight is 252 g/mol. The summed E-state index contributed by atoms with van der Waals surface area (Å²) in [6, 6.07) is 7.07. The Morgan fingerprint density at radius 1 is 1.22 bits per heavy atom. The number of rotatable bonds is 7. The topological polar surface area (TPSA) is 92.2 Å². The molecular weight excluding hydrogens is 236 g/mol. The van der Waals surface area contributed by atoms with Gasteiger partial charge in [0.25, 0.3) is 0 Å². The predicted octanol–water partition coefficient (Wildman–Crippen LogP) is -0.406. The first kappa shape index (κ1) is 14.0. The number of nitrogens with one attached hydrogen (secondary N) is 1. The second-order valence-corrected chi connectivity index (χ2v) is 3.83. The van der Waals surface area contributed by atoms with Gasteiger partial charge in [0, 0.05) is 17.8 Å². The molecule has 4 N–H and O–H groups in total. The molecule has 0 heterocycles. The van der Waals surface area contributed by atoms with Gasteiger partial charge in [0.15, 0.2) is 5.76 Å². The van der Waals surface area contributed by atoms with E-state index < -0.39 is 0 Å². The highest BCUT2D eigenvalue weighted by atomic mass is 17.1. The zero-order valence-electron chi connectivity index (χ0n) is 9.89. The quantitative estimate of drug-likeness (QED) is 0.266. The van der Waals surface area contributed by atoms with Gasteiger partial charge in [-0.05, 0) is 12.1 Å². The van der Waals surface area contributed by atoms with Gasteiger partial charge >= 0.3 is 0 Å². The summed E-state index contributed by atoms with van der Waals surface area (Å²) in [6.07, 6.45) is 0. The van der Waals surface area contributed by atoms with E-state index in [4.69, 9.17) is 11.0 Å². The molecule has 1 rings (SSSR count). The second-order valence-electron chi connectivity index (χ2n) is 3.83. The van der Waals surface area contributed by atoms with Crippen LogP contribution in [0.4, 0.5) is 11.4 Å². The van der Waals surface area contributed by atoms with Gasteiger partial charge in [0.05, 0.1) is 0 Å². The van der Waals surface area contributed by atoms with Crippen molar-refractivity contribution in [3.8, 4) is 0 Å². The highest BCUT2D eigenvalue weighted by Crippen LogP contribution is 2.07. The molecule has 1 aromatic rings. The van der Waals surface area contributed by atoms with Crippen molar-refractivity contribution in [1.82, 2.24) is 0 Å². The van der Waals surface area contributed by atoms with E-state index in [2.05, 4.69) is 22.9 Å². The van der Waals surface area contributed by atoms with Crippen molar-refractivity contribution in [2.24, 2.45) is 0 Å². The third kappa shape index (κ3) is 4.10. The molecule has 1 atom stereocenters. The zero-order chi connectivity index (χ0) is 13.5. The molecule has 6 nitrogen and oxygen atoms in total. The molecule has 0 spiro atoms. The van der Waals surface area contributed by atoms with Crippen LogP contribution in [0.2, 0.25) is 0 Å². The molecule has 98 valence electrons. The normalized spacial score (nSPS) is 11.7. The second kappa shape index (κ2) is 6.65. The van der Waals surface area contributed by atoms with Crippen LogP contribution in [0.3, 0.4) is 0 Å². The highest BCUT2D eigenvalue weighted by molar-refractivity contribution is 5.44. The first-order chi connectivity index (χ1) is 8.56. The van der Waals surface area contributed by atoms with Crippen LogP contribution >= 0.6 is 0 Å². The lowest BCUT2D eigenvalue weighted by atomic mass is 10.2. The molecule has 0 amide bonds. The summed E-state index contributed by atoms with van der Waals surface area (Å²) in [4.78, 5) is 8.66. The van der Waals surface area contributed by atoms with E-state index in [9.17, 15) is 5.26 Å². The van der Waals surface area contributed by atoms with Crippen LogP contribution in [0.5, 0.6) is 0 Å². The fourth-order valence-electron chi connectivity index (χ4n) is 1.52. The van der Waals surface area contributed by atoms with Gasteiger partial charge in [-0.2, -0.15) is 0 Å². The molecule has 0 radical (unpaired) electrons. The Bertz CT molecular complexity index is 399. The van der Waals surface area contributed by atoms with Crippen molar-refractivity contribution in [3.05, 3.63) is 48.9 Å². The molecule has 18 heavy (non-hydrogen) atoms. The SMILES string of the molecule is C=C(C[NH+](CC(=C)OO)c1ccc(N)cc1)O[O-]. The average Bonchev–Trinajstić information content (AvgIpc) is 2.38. The number of nitrogen functional groups attached to an aromatic ring is 1. The van der Waals surface area contributed by atoms with Crippen LogP contribution < -0.4 is 15.9 Å². The zero-order valence-corrected chi connectivity index (χ0v) is 9.89. The van der Waals surface area contributed by atoms with Crippen LogP contribution in [0.1, 0.15) is 0 Å². The van der Waals surface area contributed by atoms with E-state index in [0.717, 1.165) is 10.6 Å².